The van der Waals surface area contributed by atoms with Gasteiger partial charge in [0.15, 0.2) is 11.5 Å². The lowest BCUT2D eigenvalue weighted by Gasteiger charge is -2.20. The monoisotopic (exact) mass is 427 g/mol. The fourth-order valence-electron chi connectivity index (χ4n) is 2.59. The molecule has 0 saturated carbocycles. The summed E-state index contributed by atoms with van der Waals surface area (Å²) in [7, 11) is 1.48. The number of rotatable bonds is 8. The van der Waals surface area contributed by atoms with Crippen LogP contribution in [0.15, 0.2) is 18.2 Å². The number of thioether (sulfide) groups is 1. The third-order valence-corrected chi connectivity index (χ3v) is 6.03. The molecule has 0 spiro atoms. The van der Waals surface area contributed by atoms with E-state index in [-0.39, 0.29) is 28.7 Å². The maximum absolute atomic E-state index is 12.6. The largest absolute Gasteiger partial charge is 0.493 e. The van der Waals surface area contributed by atoms with E-state index < -0.39 is 16.6 Å². The van der Waals surface area contributed by atoms with Crippen LogP contribution in [0.2, 0.25) is 0 Å². The minimum absolute atomic E-state index is 0.120. The highest BCUT2D eigenvalue weighted by atomic mass is 35.5. The van der Waals surface area contributed by atoms with Crippen LogP contribution in [0.3, 0.4) is 0 Å². The molecule has 1 fully saturated rings. The molecule has 1 aliphatic rings. The molecule has 2 amide bonds. The van der Waals surface area contributed by atoms with Crippen LogP contribution in [-0.2, 0) is 16.0 Å². The van der Waals surface area contributed by atoms with E-state index in [0.29, 0.717) is 18.7 Å². The molecule has 0 radical (unpaired) electrons. The van der Waals surface area contributed by atoms with E-state index in [4.69, 9.17) is 21.1 Å². The van der Waals surface area contributed by atoms with E-state index in [1.54, 1.807) is 32.0 Å². The maximum Gasteiger partial charge on any atom is 0.318 e. The molecule has 1 saturated heterocycles. The lowest BCUT2D eigenvalue weighted by atomic mass is 9.97. The van der Waals surface area contributed by atoms with Gasteiger partial charge >= 0.3 is 5.97 Å². The average Bonchev–Trinajstić information content (AvgIpc) is 2.89. The van der Waals surface area contributed by atoms with Crippen molar-refractivity contribution >= 4 is 40.5 Å². The molecule has 1 aromatic carbocycles. The summed E-state index contributed by atoms with van der Waals surface area (Å²) in [5.41, 5.74) is -0.0683. The second kappa shape index (κ2) is 9.18. The fraction of sp³-hybridized carbons (Fsp3) is 0.550. The van der Waals surface area contributed by atoms with E-state index in [0.717, 1.165) is 17.3 Å². The van der Waals surface area contributed by atoms with Crippen LogP contribution in [0.4, 0.5) is 4.79 Å². The van der Waals surface area contributed by atoms with Crippen molar-refractivity contribution in [3.8, 4) is 11.5 Å². The van der Waals surface area contributed by atoms with Crippen LogP contribution >= 0.6 is 23.4 Å². The predicted molar refractivity (Wildman–Crippen MR) is 110 cm³/mol. The van der Waals surface area contributed by atoms with Crippen LogP contribution in [0.25, 0.3) is 0 Å². The maximum atomic E-state index is 12.6. The molecule has 1 heterocycles. The number of carbonyl (C=O) groups is 3. The number of hydrogen-bond acceptors (Lipinski definition) is 6. The molecular weight excluding hydrogens is 402 g/mol. The van der Waals surface area contributed by atoms with E-state index in [1.807, 2.05) is 13.8 Å². The minimum Gasteiger partial charge on any atom is -0.493 e. The van der Waals surface area contributed by atoms with Gasteiger partial charge in [-0.15, -0.1) is 11.6 Å². The van der Waals surface area contributed by atoms with Gasteiger partial charge in [0.2, 0.25) is 5.91 Å². The summed E-state index contributed by atoms with van der Waals surface area (Å²) in [4.78, 5) is 38.4. The Morgan fingerprint density at radius 1 is 1.29 bits per heavy atom. The molecule has 2 rings (SSSR count). The lowest BCUT2D eigenvalue weighted by molar-refractivity contribution is -0.142. The fourth-order valence-corrected chi connectivity index (χ4v) is 3.74. The highest BCUT2D eigenvalue weighted by molar-refractivity contribution is 8.15. The average molecular weight is 428 g/mol. The van der Waals surface area contributed by atoms with E-state index >= 15 is 0 Å². The number of esters is 1. The molecule has 0 aromatic heterocycles. The van der Waals surface area contributed by atoms with Crippen molar-refractivity contribution in [2.24, 2.45) is 11.3 Å². The Kier molecular flexibility index (Phi) is 7.39. The van der Waals surface area contributed by atoms with Gasteiger partial charge in [-0.25, -0.2) is 0 Å². The van der Waals surface area contributed by atoms with Crippen molar-refractivity contribution in [2.75, 3.05) is 19.5 Å². The molecule has 6 nitrogen and oxygen atoms in total. The van der Waals surface area contributed by atoms with Crippen LogP contribution in [-0.4, -0.2) is 46.8 Å². The van der Waals surface area contributed by atoms with Crippen LogP contribution < -0.4 is 9.47 Å². The first-order valence-electron chi connectivity index (χ1n) is 9.06. The van der Waals surface area contributed by atoms with Gasteiger partial charge in [0.05, 0.1) is 17.8 Å². The Bertz CT molecular complexity index is 765. The molecule has 0 N–H and O–H groups in total. The smallest absolute Gasteiger partial charge is 0.318 e. The summed E-state index contributed by atoms with van der Waals surface area (Å²) in [6.07, 6.45) is 0.358. The zero-order valence-corrected chi connectivity index (χ0v) is 18.4. The number of ether oxygens (including phenoxy) is 2. The molecule has 0 aliphatic carbocycles. The van der Waals surface area contributed by atoms with Crippen LogP contribution in [0.1, 0.15) is 33.3 Å². The SMILES string of the molecule is COc1ccc(CC2SC(=O)N(CC(C)C)C2=O)cc1OC(=O)C(C)(C)CCl. The van der Waals surface area contributed by atoms with Gasteiger partial charge in [-0.1, -0.05) is 31.7 Å². The van der Waals surface area contributed by atoms with Crippen molar-refractivity contribution in [2.45, 2.75) is 39.4 Å². The van der Waals surface area contributed by atoms with Gasteiger partial charge in [0.1, 0.15) is 0 Å². The summed E-state index contributed by atoms with van der Waals surface area (Å²) in [6.45, 7) is 7.74. The van der Waals surface area contributed by atoms with Crippen molar-refractivity contribution in [3.63, 3.8) is 0 Å². The number of halogens is 1. The number of imide groups is 1. The predicted octanol–water partition coefficient (Wildman–Crippen LogP) is 4.13. The zero-order chi connectivity index (χ0) is 21.1. The quantitative estimate of drug-likeness (QED) is 0.353. The van der Waals surface area contributed by atoms with Gasteiger partial charge in [0.25, 0.3) is 5.24 Å². The Morgan fingerprint density at radius 2 is 1.96 bits per heavy atom. The number of alkyl halides is 1. The van der Waals surface area contributed by atoms with E-state index in [2.05, 4.69) is 0 Å². The van der Waals surface area contributed by atoms with Crippen molar-refractivity contribution < 1.29 is 23.9 Å². The first-order valence-corrected chi connectivity index (χ1v) is 10.5. The van der Waals surface area contributed by atoms with Gasteiger partial charge < -0.3 is 9.47 Å². The molecule has 1 aliphatic heterocycles. The molecule has 0 bridgehead atoms. The molecule has 154 valence electrons. The standard InChI is InChI=1S/C20H26ClNO5S/c1-12(2)10-22-17(23)16(28-19(22)25)9-13-6-7-14(26-5)15(8-13)27-18(24)20(3,4)11-21/h6-8,12,16H,9-11H2,1-5H3. The van der Waals surface area contributed by atoms with Crippen LogP contribution in [0, 0.1) is 11.3 Å². The van der Waals surface area contributed by atoms with Crippen molar-refractivity contribution in [1.82, 2.24) is 4.90 Å². The summed E-state index contributed by atoms with van der Waals surface area (Å²) in [5.74, 6) is 0.359. The zero-order valence-electron chi connectivity index (χ0n) is 16.8. The van der Waals surface area contributed by atoms with Gasteiger partial charge in [-0.2, -0.15) is 0 Å². The van der Waals surface area contributed by atoms with Gasteiger partial charge in [-0.05, 0) is 43.9 Å². The highest BCUT2D eigenvalue weighted by Gasteiger charge is 2.39. The van der Waals surface area contributed by atoms with E-state index in [1.165, 1.54) is 12.0 Å². The molecule has 8 heteroatoms. The Morgan fingerprint density at radius 3 is 2.54 bits per heavy atom. The van der Waals surface area contributed by atoms with Crippen molar-refractivity contribution in [3.05, 3.63) is 23.8 Å². The number of hydrogen-bond donors (Lipinski definition) is 0. The molecule has 1 unspecified atom stereocenters. The molecule has 1 atom stereocenters. The van der Waals surface area contributed by atoms with Gasteiger partial charge in [-0.3, -0.25) is 19.3 Å². The summed E-state index contributed by atoms with van der Waals surface area (Å²) in [6, 6.07) is 5.15. The third kappa shape index (κ3) is 5.20. The van der Waals surface area contributed by atoms with Crippen molar-refractivity contribution in [1.29, 1.82) is 0 Å². The van der Waals surface area contributed by atoms with Gasteiger partial charge in [0, 0.05) is 12.4 Å². The molecule has 28 heavy (non-hydrogen) atoms. The summed E-state index contributed by atoms with van der Waals surface area (Å²) < 4.78 is 10.8. The number of carbonyl (C=O) groups excluding carboxylic acids is 3. The topological polar surface area (TPSA) is 72.9 Å². The number of amides is 2. The highest BCUT2D eigenvalue weighted by Crippen LogP contribution is 2.34. The summed E-state index contributed by atoms with van der Waals surface area (Å²) in [5, 5.41) is -0.699. The Labute approximate surface area is 174 Å². The molecular formula is C20H26ClNO5S. The number of nitrogens with zero attached hydrogens (tertiary/aromatic N) is 1. The Hall–Kier alpha value is -1.73. The number of benzene rings is 1. The third-order valence-electron chi connectivity index (χ3n) is 4.29. The van der Waals surface area contributed by atoms with E-state index in [9.17, 15) is 14.4 Å². The minimum atomic E-state index is -0.844. The second-order valence-corrected chi connectivity index (χ2v) is 9.23. The number of methoxy groups -OCH3 is 1. The first-order chi connectivity index (χ1) is 13.1. The first kappa shape index (κ1) is 22.6. The summed E-state index contributed by atoms with van der Waals surface area (Å²) >= 11 is 6.88. The molecule has 1 aromatic rings. The second-order valence-electron chi connectivity index (χ2n) is 7.81. The Balaban J connectivity index is 2.18. The van der Waals surface area contributed by atoms with Crippen LogP contribution in [0.5, 0.6) is 11.5 Å². The lowest BCUT2D eigenvalue weighted by Crippen LogP contribution is -2.35. The normalized spacial score (nSPS) is 17.4.